The zero-order chi connectivity index (χ0) is 22.3. The van der Waals surface area contributed by atoms with Crippen LogP contribution in [0.15, 0.2) is 61.1 Å². The Morgan fingerprint density at radius 1 is 1.16 bits per heavy atom. The summed E-state index contributed by atoms with van der Waals surface area (Å²) in [6.07, 6.45) is 3.88. The lowest BCUT2D eigenvalue weighted by atomic mass is 10.2. The first-order chi connectivity index (χ1) is 15.6. The van der Waals surface area contributed by atoms with Crippen LogP contribution in [0.25, 0.3) is 10.9 Å². The molecule has 0 atom stereocenters. The minimum Gasteiger partial charge on any atom is -0.493 e. The quantitative estimate of drug-likeness (QED) is 0.288. The minimum absolute atomic E-state index is 0.0221. The molecule has 0 aliphatic heterocycles. The molecule has 1 amide bonds. The van der Waals surface area contributed by atoms with Crippen molar-refractivity contribution in [1.29, 1.82) is 0 Å². The Morgan fingerprint density at radius 2 is 2.06 bits per heavy atom. The summed E-state index contributed by atoms with van der Waals surface area (Å²) < 4.78 is 20.4. The van der Waals surface area contributed by atoms with Crippen LogP contribution in [0.2, 0.25) is 0 Å². The van der Waals surface area contributed by atoms with E-state index in [1.807, 2.05) is 18.2 Å². The Hall–Kier alpha value is -3.72. The molecule has 4 aromatic rings. The predicted molar refractivity (Wildman–Crippen MR) is 121 cm³/mol. The SMILES string of the molecule is O=C(Cn1ccc(Nc2ncnc3cc(OCCCCl)ccc23)n1)Nc1cccc(F)c1. The number of alkyl halides is 1. The molecule has 0 aliphatic rings. The number of hydrogen-bond donors (Lipinski definition) is 2. The largest absolute Gasteiger partial charge is 0.493 e. The second-order valence-corrected chi connectivity index (χ2v) is 7.25. The lowest BCUT2D eigenvalue weighted by molar-refractivity contribution is -0.116. The summed E-state index contributed by atoms with van der Waals surface area (Å²) >= 11 is 5.68. The number of amides is 1. The molecule has 10 heteroatoms. The summed E-state index contributed by atoms with van der Waals surface area (Å²) in [7, 11) is 0. The van der Waals surface area contributed by atoms with Crippen molar-refractivity contribution in [3.63, 3.8) is 0 Å². The highest BCUT2D eigenvalue weighted by atomic mass is 35.5. The maximum Gasteiger partial charge on any atom is 0.246 e. The third kappa shape index (κ3) is 5.50. The number of carbonyl (C=O) groups is 1. The van der Waals surface area contributed by atoms with Gasteiger partial charge >= 0.3 is 0 Å². The Morgan fingerprint density at radius 3 is 2.91 bits per heavy atom. The van der Waals surface area contributed by atoms with Crippen LogP contribution < -0.4 is 15.4 Å². The van der Waals surface area contributed by atoms with E-state index in [-0.39, 0.29) is 12.5 Å². The van der Waals surface area contributed by atoms with Gasteiger partial charge in [-0.05, 0) is 36.8 Å². The fraction of sp³-hybridized carbons (Fsp3) is 0.182. The number of fused-ring (bicyclic) bond motifs is 1. The average molecular weight is 455 g/mol. The van der Waals surface area contributed by atoms with Gasteiger partial charge in [0.1, 0.15) is 30.3 Å². The number of aromatic nitrogens is 4. The molecule has 0 radical (unpaired) electrons. The van der Waals surface area contributed by atoms with E-state index in [0.29, 0.717) is 35.6 Å². The van der Waals surface area contributed by atoms with E-state index < -0.39 is 5.82 Å². The van der Waals surface area contributed by atoms with Gasteiger partial charge in [-0.1, -0.05) is 6.07 Å². The van der Waals surface area contributed by atoms with Gasteiger partial charge in [0.2, 0.25) is 5.91 Å². The van der Waals surface area contributed by atoms with Gasteiger partial charge in [0.15, 0.2) is 5.82 Å². The molecule has 2 aromatic heterocycles. The zero-order valence-electron chi connectivity index (χ0n) is 17.0. The van der Waals surface area contributed by atoms with Gasteiger partial charge < -0.3 is 15.4 Å². The topological polar surface area (TPSA) is 94.0 Å². The van der Waals surface area contributed by atoms with E-state index in [4.69, 9.17) is 16.3 Å². The second-order valence-electron chi connectivity index (χ2n) is 6.87. The van der Waals surface area contributed by atoms with E-state index in [2.05, 4.69) is 25.7 Å². The lowest BCUT2D eigenvalue weighted by Gasteiger charge is -2.09. The Balaban J connectivity index is 1.42. The van der Waals surface area contributed by atoms with E-state index in [1.54, 1.807) is 18.3 Å². The van der Waals surface area contributed by atoms with Crippen molar-refractivity contribution < 1.29 is 13.9 Å². The van der Waals surface area contributed by atoms with Gasteiger partial charge in [-0.15, -0.1) is 11.6 Å². The normalized spacial score (nSPS) is 10.8. The molecule has 0 saturated carbocycles. The van der Waals surface area contributed by atoms with Crippen molar-refractivity contribution in [3.05, 3.63) is 66.9 Å². The van der Waals surface area contributed by atoms with Crippen LogP contribution in [0.3, 0.4) is 0 Å². The molecule has 0 fully saturated rings. The first kappa shape index (κ1) is 21.5. The van der Waals surface area contributed by atoms with Gasteiger partial charge in [-0.25, -0.2) is 14.4 Å². The van der Waals surface area contributed by atoms with Crippen LogP contribution >= 0.6 is 11.6 Å². The van der Waals surface area contributed by atoms with Gasteiger partial charge in [-0.2, -0.15) is 5.10 Å². The molecule has 2 N–H and O–H groups in total. The summed E-state index contributed by atoms with van der Waals surface area (Å²) in [5, 5.41) is 10.9. The number of benzene rings is 2. The molecule has 32 heavy (non-hydrogen) atoms. The molecular formula is C22H20ClFN6O2. The molecule has 2 aromatic carbocycles. The van der Waals surface area contributed by atoms with E-state index in [9.17, 15) is 9.18 Å². The predicted octanol–water partition coefficient (Wildman–Crippen LogP) is 4.36. The third-order valence-corrected chi connectivity index (χ3v) is 4.72. The van der Waals surface area contributed by atoms with Crippen LogP contribution in [-0.2, 0) is 11.3 Å². The monoisotopic (exact) mass is 454 g/mol. The summed E-state index contributed by atoms with van der Waals surface area (Å²) in [5.41, 5.74) is 1.11. The van der Waals surface area contributed by atoms with Crippen LogP contribution in [-0.4, -0.2) is 38.1 Å². The first-order valence-electron chi connectivity index (χ1n) is 9.90. The first-order valence-corrected chi connectivity index (χ1v) is 10.4. The maximum absolute atomic E-state index is 13.3. The van der Waals surface area contributed by atoms with Gasteiger partial charge in [-0.3, -0.25) is 9.48 Å². The van der Waals surface area contributed by atoms with E-state index in [1.165, 1.54) is 29.2 Å². The molecular weight excluding hydrogens is 435 g/mol. The highest BCUT2D eigenvalue weighted by Gasteiger charge is 2.09. The molecule has 164 valence electrons. The molecule has 2 heterocycles. The standard InChI is InChI=1S/C22H20ClFN6O2/c23-8-2-10-32-17-5-6-18-19(12-17)25-14-26-22(18)28-20-7-9-30(29-20)13-21(31)27-16-4-1-3-15(24)11-16/h1,3-7,9,11-12,14H,2,8,10,13H2,(H,27,31)(H,25,26,28,29). The number of halogens is 2. The highest BCUT2D eigenvalue weighted by molar-refractivity contribution is 6.17. The van der Waals surface area contributed by atoms with Crippen LogP contribution in [0.4, 0.5) is 21.7 Å². The number of hydrogen-bond acceptors (Lipinski definition) is 6. The van der Waals surface area contributed by atoms with Crippen LogP contribution in [0.1, 0.15) is 6.42 Å². The molecule has 8 nitrogen and oxygen atoms in total. The summed E-state index contributed by atoms with van der Waals surface area (Å²) in [6.45, 7) is 0.515. The Labute approximate surface area is 188 Å². The number of nitrogens with zero attached hydrogens (tertiary/aromatic N) is 4. The fourth-order valence-electron chi connectivity index (χ4n) is 3.02. The third-order valence-electron chi connectivity index (χ3n) is 4.46. The fourth-order valence-corrected chi connectivity index (χ4v) is 3.13. The van der Waals surface area contributed by atoms with Crippen LogP contribution in [0.5, 0.6) is 5.75 Å². The number of carbonyl (C=O) groups excluding carboxylic acids is 1. The molecule has 0 unspecified atom stereocenters. The molecule has 0 bridgehead atoms. The van der Waals surface area contributed by atoms with Crippen molar-refractivity contribution in [2.24, 2.45) is 0 Å². The summed E-state index contributed by atoms with van der Waals surface area (Å²) in [5.74, 6) is 1.62. The van der Waals surface area contributed by atoms with Gasteiger partial charge in [0.05, 0.1) is 12.1 Å². The molecule has 0 saturated heterocycles. The Bertz CT molecular complexity index is 1230. The molecule has 4 rings (SSSR count). The summed E-state index contributed by atoms with van der Waals surface area (Å²) in [6, 6.07) is 13.0. The molecule has 0 spiro atoms. The smallest absolute Gasteiger partial charge is 0.246 e. The van der Waals surface area contributed by atoms with Crippen LogP contribution in [0, 0.1) is 5.82 Å². The van der Waals surface area contributed by atoms with Crippen molar-refractivity contribution in [1.82, 2.24) is 19.7 Å². The molecule has 0 aliphatic carbocycles. The zero-order valence-corrected chi connectivity index (χ0v) is 17.7. The lowest BCUT2D eigenvalue weighted by Crippen LogP contribution is -2.19. The minimum atomic E-state index is -0.417. The Kier molecular flexibility index (Phi) is 6.76. The highest BCUT2D eigenvalue weighted by Crippen LogP contribution is 2.25. The van der Waals surface area contributed by atoms with Gasteiger partial charge in [0.25, 0.3) is 0 Å². The van der Waals surface area contributed by atoms with E-state index >= 15 is 0 Å². The maximum atomic E-state index is 13.3. The number of anilines is 3. The van der Waals surface area contributed by atoms with E-state index in [0.717, 1.165) is 17.3 Å². The van der Waals surface area contributed by atoms with Crippen molar-refractivity contribution in [2.45, 2.75) is 13.0 Å². The number of ether oxygens (including phenoxy) is 1. The van der Waals surface area contributed by atoms with Crippen molar-refractivity contribution in [2.75, 3.05) is 23.1 Å². The number of nitrogens with one attached hydrogen (secondary N) is 2. The van der Waals surface area contributed by atoms with Crippen molar-refractivity contribution in [3.8, 4) is 5.75 Å². The van der Waals surface area contributed by atoms with Crippen molar-refractivity contribution >= 4 is 45.7 Å². The summed E-state index contributed by atoms with van der Waals surface area (Å²) in [4.78, 5) is 20.8. The second kappa shape index (κ2) is 10.1. The average Bonchev–Trinajstić information content (AvgIpc) is 3.20. The van der Waals surface area contributed by atoms with Gasteiger partial charge in [0, 0.05) is 35.3 Å². The number of rotatable bonds is 9.